The molecule has 0 saturated carbocycles. The molecule has 0 unspecified atom stereocenters. The second kappa shape index (κ2) is 9.62. The highest BCUT2D eigenvalue weighted by molar-refractivity contribution is 6.11. The Bertz CT molecular complexity index is 1120. The van der Waals surface area contributed by atoms with Crippen molar-refractivity contribution in [3.8, 4) is 11.5 Å². The summed E-state index contributed by atoms with van der Waals surface area (Å²) >= 11 is 0. The van der Waals surface area contributed by atoms with Crippen molar-refractivity contribution in [1.82, 2.24) is 4.90 Å². The van der Waals surface area contributed by atoms with Gasteiger partial charge in [0.2, 0.25) is 11.8 Å². The van der Waals surface area contributed by atoms with E-state index < -0.39 is 0 Å². The van der Waals surface area contributed by atoms with Crippen molar-refractivity contribution in [1.29, 1.82) is 0 Å². The van der Waals surface area contributed by atoms with Crippen LogP contribution in [0.5, 0.6) is 11.5 Å². The van der Waals surface area contributed by atoms with Crippen molar-refractivity contribution in [2.75, 3.05) is 56.5 Å². The summed E-state index contributed by atoms with van der Waals surface area (Å²) in [5.74, 6) is 0.402. The van der Waals surface area contributed by atoms with E-state index in [2.05, 4.69) is 10.2 Å². The topological polar surface area (TPSA) is 91.4 Å². The monoisotopic (exact) mass is 466 g/mol. The second-order valence-electron chi connectivity index (χ2n) is 8.65. The number of carbonyl (C=O) groups is 3. The van der Waals surface area contributed by atoms with Gasteiger partial charge in [0.1, 0.15) is 24.1 Å². The van der Waals surface area contributed by atoms with Gasteiger partial charge in [0.15, 0.2) is 0 Å². The summed E-state index contributed by atoms with van der Waals surface area (Å²) in [7, 11) is 6.42. The first-order chi connectivity index (χ1) is 16.3. The summed E-state index contributed by atoms with van der Waals surface area (Å²) in [6.45, 7) is 0.596. The number of ether oxygens (including phenoxy) is 2. The summed E-state index contributed by atoms with van der Waals surface area (Å²) in [4.78, 5) is 44.2. The second-order valence-corrected chi connectivity index (χ2v) is 8.65. The van der Waals surface area contributed by atoms with E-state index in [1.54, 1.807) is 51.5 Å². The number of nitrogens with zero attached hydrogens (tertiary/aromatic N) is 3. The third-order valence-electron chi connectivity index (χ3n) is 6.27. The Hall–Kier alpha value is -3.75. The molecule has 3 amide bonds. The number of carbonyl (C=O) groups excluding carboxylic acids is 3. The number of fused-ring (bicyclic) bond motifs is 3. The Morgan fingerprint density at radius 3 is 2.56 bits per heavy atom. The molecule has 0 radical (unpaired) electrons. The zero-order valence-corrected chi connectivity index (χ0v) is 20.0. The van der Waals surface area contributed by atoms with E-state index in [4.69, 9.17) is 9.47 Å². The molecule has 0 aromatic heterocycles. The molecule has 9 heteroatoms. The van der Waals surface area contributed by atoms with Crippen LogP contribution in [0.15, 0.2) is 36.4 Å². The van der Waals surface area contributed by atoms with Gasteiger partial charge >= 0.3 is 0 Å². The van der Waals surface area contributed by atoms with Crippen LogP contribution in [0.2, 0.25) is 0 Å². The zero-order valence-electron chi connectivity index (χ0n) is 20.0. The van der Waals surface area contributed by atoms with E-state index in [0.717, 1.165) is 31.5 Å². The van der Waals surface area contributed by atoms with E-state index in [-0.39, 0.29) is 30.3 Å². The molecular weight excluding hydrogens is 436 g/mol. The van der Waals surface area contributed by atoms with E-state index in [0.29, 0.717) is 28.4 Å². The number of benzene rings is 2. The number of piperidine rings is 1. The summed E-state index contributed by atoms with van der Waals surface area (Å²) in [5, 5.41) is 2.84. The fourth-order valence-electron chi connectivity index (χ4n) is 4.55. The number of nitrogens with one attached hydrogen (secondary N) is 1. The molecule has 1 saturated heterocycles. The van der Waals surface area contributed by atoms with Crippen molar-refractivity contribution < 1.29 is 23.9 Å². The van der Waals surface area contributed by atoms with Crippen LogP contribution < -0.4 is 24.6 Å². The molecule has 9 nitrogen and oxygen atoms in total. The average molecular weight is 467 g/mol. The number of hydrogen-bond acceptors (Lipinski definition) is 6. The predicted octanol–water partition coefficient (Wildman–Crippen LogP) is 2.75. The predicted molar refractivity (Wildman–Crippen MR) is 130 cm³/mol. The molecule has 0 aliphatic carbocycles. The molecule has 1 N–H and O–H groups in total. The number of rotatable bonds is 6. The van der Waals surface area contributed by atoms with Crippen molar-refractivity contribution in [3.05, 3.63) is 42.0 Å². The standard InChI is InChI=1S/C25H30N4O5/c1-27(2)24(31)16-8-11-19-21(13-16)29(25(32)20-7-5-6-12-28(19)20)15-23(30)26-18-10-9-17(33-3)14-22(18)34-4/h8-11,13-14,20H,5-7,12,15H2,1-4H3,(H,26,30)/t20-/m1/s1. The van der Waals surface area contributed by atoms with Crippen molar-refractivity contribution in [2.45, 2.75) is 25.3 Å². The van der Waals surface area contributed by atoms with E-state index >= 15 is 0 Å². The lowest BCUT2D eigenvalue weighted by Gasteiger charge is -2.45. The maximum atomic E-state index is 13.5. The maximum absolute atomic E-state index is 13.5. The van der Waals surface area contributed by atoms with Crippen LogP contribution >= 0.6 is 0 Å². The van der Waals surface area contributed by atoms with Gasteiger partial charge in [-0.3, -0.25) is 19.3 Å². The van der Waals surface area contributed by atoms with Gasteiger partial charge < -0.3 is 24.6 Å². The molecule has 0 spiro atoms. The fourth-order valence-corrected chi connectivity index (χ4v) is 4.55. The molecule has 0 bridgehead atoms. The minimum atomic E-state index is -0.364. The molecule has 2 aromatic carbocycles. The van der Waals surface area contributed by atoms with Crippen molar-refractivity contribution >= 4 is 34.8 Å². The third kappa shape index (κ3) is 4.37. The molecule has 2 aromatic rings. The Kier molecular flexibility index (Phi) is 6.63. The van der Waals surface area contributed by atoms with Gasteiger partial charge in [-0.1, -0.05) is 0 Å². The average Bonchev–Trinajstić information content (AvgIpc) is 2.85. The maximum Gasteiger partial charge on any atom is 0.253 e. The van der Waals surface area contributed by atoms with Gasteiger partial charge in [-0.15, -0.1) is 0 Å². The number of hydrogen-bond donors (Lipinski definition) is 1. The Balaban J connectivity index is 1.65. The highest BCUT2D eigenvalue weighted by Gasteiger charge is 2.40. The first-order valence-corrected chi connectivity index (χ1v) is 11.3. The molecular formula is C25H30N4O5. The molecule has 1 atom stereocenters. The van der Waals surface area contributed by atoms with E-state index in [9.17, 15) is 14.4 Å². The summed E-state index contributed by atoms with van der Waals surface area (Å²) in [6.07, 6.45) is 2.70. The van der Waals surface area contributed by atoms with Gasteiger partial charge in [-0.25, -0.2) is 0 Å². The quantitative estimate of drug-likeness (QED) is 0.704. The number of anilines is 3. The van der Waals surface area contributed by atoms with Crippen molar-refractivity contribution in [2.24, 2.45) is 0 Å². The van der Waals surface area contributed by atoms with Crippen LogP contribution in [-0.4, -0.2) is 70.1 Å². The van der Waals surface area contributed by atoms with Gasteiger partial charge in [0, 0.05) is 32.3 Å². The molecule has 180 valence electrons. The SMILES string of the molecule is COc1ccc(NC(=O)CN2C(=O)[C@H]3CCCCN3c3ccc(C(=O)N(C)C)cc32)c(OC)c1. The fraction of sp³-hybridized carbons (Fsp3) is 0.400. The highest BCUT2D eigenvalue weighted by Crippen LogP contribution is 2.40. The summed E-state index contributed by atoms with van der Waals surface area (Å²) in [6, 6.07) is 10.2. The van der Waals surface area contributed by atoms with Gasteiger partial charge in [0.05, 0.1) is 31.3 Å². The summed E-state index contributed by atoms with van der Waals surface area (Å²) in [5.41, 5.74) is 2.39. The first-order valence-electron chi connectivity index (χ1n) is 11.3. The van der Waals surface area contributed by atoms with Crippen LogP contribution in [-0.2, 0) is 9.59 Å². The minimum Gasteiger partial charge on any atom is -0.497 e. The highest BCUT2D eigenvalue weighted by atomic mass is 16.5. The molecule has 1 fully saturated rings. The van der Waals surface area contributed by atoms with Crippen LogP contribution in [0.4, 0.5) is 17.1 Å². The Morgan fingerprint density at radius 1 is 1.06 bits per heavy atom. The number of amides is 3. The van der Waals surface area contributed by atoms with Gasteiger partial charge in [-0.2, -0.15) is 0 Å². The molecule has 34 heavy (non-hydrogen) atoms. The van der Waals surface area contributed by atoms with Crippen molar-refractivity contribution in [3.63, 3.8) is 0 Å². The minimum absolute atomic E-state index is 0.126. The molecule has 2 aliphatic rings. The lowest BCUT2D eigenvalue weighted by Crippen LogP contribution is -2.56. The van der Waals surface area contributed by atoms with Crippen LogP contribution in [0, 0.1) is 0 Å². The lowest BCUT2D eigenvalue weighted by atomic mass is 9.95. The normalized spacial score (nSPS) is 16.9. The largest absolute Gasteiger partial charge is 0.497 e. The van der Waals surface area contributed by atoms with Crippen LogP contribution in [0.25, 0.3) is 0 Å². The zero-order chi connectivity index (χ0) is 24.4. The summed E-state index contributed by atoms with van der Waals surface area (Å²) < 4.78 is 10.6. The smallest absolute Gasteiger partial charge is 0.253 e. The molecule has 2 aliphatic heterocycles. The van der Waals surface area contributed by atoms with E-state index in [1.165, 1.54) is 16.9 Å². The lowest BCUT2D eigenvalue weighted by molar-refractivity contribution is -0.123. The Morgan fingerprint density at radius 2 is 1.85 bits per heavy atom. The van der Waals surface area contributed by atoms with Crippen LogP contribution in [0.1, 0.15) is 29.6 Å². The third-order valence-corrected chi connectivity index (χ3v) is 6.27. The van der Waals surface area contributed by atoms with Gasteiger partial charge in [-0.05, 0) is 49.6 Å². The number of methoxy groups -OCH3 is 2. The molecule has 2 heterocycles. The van der Waals surface area contributed by atoms with E-state index in [1.807, 2.05) is 6.07 Å². The Labute approximate surface area is 199 Å². The van der Waals surface area contributed by atoms with Crippen LogP contribution in [0.3, 0.4) is 0 Å². The van der Waals surface area contributed by atoms with Gasteiger partial charge in [0.25, 0.3) is 5.91 Å². The first kappa shape index (κ1) is 23.4. The molecule has 4 rings (SSSR count).